The van der Waals surface area contributed by atoms with Crippen molar-refractivity contribution < 1.29 is 0 Å². The lowest BCUT2D eigenvalue weighted by Gasteiger charge is -1.48. The fourth-order valence-electron chi connectivity index (χ4n) is 0. The Morgan fingerprint density at radius 2 is 0.583 bits per heavy atom. The molecule has 0 heterocycles. The molecule has 0 bridgehead atoms. The summed E-state index contributed by atoms with van der Waals surface area (Å²) in [6.07, 6.45) is 2.50. The highest BCUT2D eigenvalue weighted by atomic mass is 13.4. The zero-order valence-corrected chi connectivity index (χ0v) is 10.8. The summed E-state index contributed by atoms with van der Waals surface area (Å²) < 4.78 is 0. The molecule has 0 atom stereocenters. The van der Waals surface area contributed by atoms with Gasteiger partial charge in [-0.15, -0.1) is 13.2 Å². The zero-order valence-electron chi connectivity index (χ0n) is 10.8. The highest BCUT2D eigenvalue weighted by molar-refractivity contribution is 4.22. The van der Waals surface area contributed by atoms with Gasteiger partial charge in [0.2, 0.25) is 0 Å². The van der Waals surface area contributed by atoms with Crippen molar-refractivity contribution in [2.24, 2.45) is 0 Å². The molecule has 0 amide bonds. The SMILES string of the molecule is C=C.CC.CC.CCC.CCC. The Hall–Kier alpha value is -0.260. The minimum atomic E-state index is 1.25. The van der Waals surface area contributed by atoms with Crippen LogP contribution in [0.2, 0.25) is 0 Å². The molecule has 0 unspecified atom stereocenters. The summed E-state index contributed by atoms with van der Waals surface area (Å²) >= 11 is 0. The average molecular weight is 176 g/mol. The average Bonchev–Trinajstić information content (AvgIpc) is 2.16. The second kappa shape index (κ2) is 337. The van der Waals surface area contributed by atoms with E-state index in [4.69, 9.17) is 0 Å². The van der Waals surface area contributed by atoms with Gasteiger partial charge in [0.1, 0.15) is 0 Å². The summed E-state index contributed by atoms with van der Waals surface area (Å²) in [5.41, 5.74) is 0. The lowest BCUT2D eigenvalue weighted by Crippen LogP contribution is -1.27. The molecular formula is C12H32. The molecule has 0 saturated carbocycles. The maximum Gasteiger partial charge on any atom is -0.0590 e. The van der Waals surface area contributed by atoms with E-state index in [0.717, 1.165) is 0 Å². The Bertz CT molecular complexity index is 7.51. The second-order valence-corrected chi connectivity index (χ2v) is 1.41. The molecule has 0 nitrogen and oxygen atoms in total. The van der Waals surface area contributed by atoms with Crippen LogP contribution in [-0.4, -0.2) is 0 Å². The fraction of sp³-hybridized carbons (Fsp3) is 0.833. The van der Waals surface area contributed by atoms with Gasteiger partial charge in [-0.3, -0.25) is 0 Å². The van der Waals surface area contributed by atoms with Crippen LogP contribution in [0.1, 0.15) is 68.2 Å². The molecule has 0 aliphatic rings. The van der Waals surface area contributed by atoms with Gasteiger partial charge >= 0.3 is 0 Å². The highest BCUT2D eigenvalue weighted by Crippen LogP contribution is 1.56. The summed E-state index contributed by atoms with van der Waals surface area (Å²) in [7, 11) is 0. The molecule has 0 heteroatoms. The lowest BCUT2D eigenvalue weighted by molar-refractivity contribution is 1.09. The van der Waals surface area contributed by atoms with Crippen LogP contribution in [0.25, 0.3) is 0 Å². The third kappa shape index (κ3) is 11000. The Morgan fingerprint density at radius 3 is 0.583 bits per heavy atom. The zero-order chi connectivity index (χ0) is 11.4. The molecule has 0 aliphatic carbocycles. The summed E-state index contributed by atoms with van der Waals surface area (Å²) in [6, 6.07) is 0. The summed E-state index contributed by atoms with van der Waals surface area (Å²) in [5.74, 6) is 0. The quantitative estimate of drug-likeness (QED) is 0.416. The van der Waals surface area contributed by atoms with E-state index >= 15 is 0 Å². The number of rotatable bonds is 0. The molecule has 0 aliphatic heterocycles. The van der Waals surface area contributed by atoms with Crippen LogP contribution in [0.3, 0.4) is 0 Å². The summed E-state index contributed by atoms with van der Waals surface area (Å²) in [5, 5.41) is 0. The number of hydrogen-bond donors (Lipinski definition) is 0. The first-order valence-corrected chi connectivity index (χ1v) is 5.33. The van der Waals surface area contributed by atoms with Gasteiger partial charge in [-0.2, -0.15) is 0 Å². The molecule has 12 heavy (non-hydrogen) atoms. The molecule has 0 fully saturated rings. The van der Waals surface area contributed by atoms with Crippen LogP contribution < -0.4 is 0 Å². The fourth-order valence-corrected chi connectivity index (χ4v) is 0. The van der Waals surface area contributed by atoms with Crippen LogP contribution in [0, 0.1) is 0 Å². The van der Waals surface area contributed by atoms with Crippen LogP contribution >= 0.6 is 0 Å². The second-order valence-electron chi connectivity index (χ2n) is 1.41. The predicted octanol–water partition coefficient (Wildman–Crippen LogP) is 5.69. The van der Waals surface area contributed by atoms with E-state index in [1.54, 1.807) is 0 Å². The largest absolute Gasteiger partial charge is 0.106 e. The molecule has 0 aromatic heterocycles. The van der Waals surface area contributed by atoms with Crippen LogP contribution in [0.15, 0.2) is 13.2 Å². The molecule has 0 N–H and O–H groups in total. The predicted molar refractivity (Wildman–Crippen MR) is 65.9 cm³/mol. The standard InChI is InChI=1S/2C3H8.2C2H6.C2H4/c2*1-3-2;3*1-2/h2*3H2,1-2H3;2*1-2H3;1-2H2. The molecule has 0 aromatic carbocycles. The van der Waals surface area contributed by atoms with E-state index in [1.807, 2.05) is 27.7 Å². The van der Waals surface area contributed by atoms with Crippen LogP contribution in [0.4, 0.5) is 0 Å². The summed E-state index contributed by atoms with van der Waals surface area (Å²) in [4.78, 5) is 0. The maximum absolute atomic E-state index is 3.00. The van der Waals surface area contributed by atoms with Gasteiger partial charge in [0.05, 0.1) is 0 Å². The van der Waals surface area contributed by atoms with E-state index in [9.17, 15) is 0 Å². The van der Waals surface area contributed by atoms with Gasteiger partial charge in [-0.25, -0.2) is 0 Å². The van der Waals surface area contributed by atoms with E-state index in [1.165, 1.54) is 12.8 Å². The van der Waals surface area contributed by atoms with Gasteiger partial charge in [0.25, 0.3) is 0 Å². The minimum Gasteiger partial charge on any atom is -0.106 e. The number of hydrogen-bond acceptors (Lipinski definition) is 0. The van der Waals surface area contributed by atoms with Crippen molar-refractivity contribution >= 4 is 0 Å². The third-order valence-electron chi connectivity index (χ3n) is 0. The molecule has 0 spiro atoms. The van der Waals surface area contributed by atoms with Crippen molar-refractivity contribution in [1.82, 2.24) is 0 Å². The Kier molecular flexibility index (Phi) is 836. The van der Waals surface area contributed by atoms with E-state index in [-0.39, 0.29) is 0 Å². The molecule has 80 valence electrons. The van der Waals surface area contributed by atoms with Crippen molar-refractivity contribution in [3.05, 3.63) is 13.2 Å². The smallest absolute Gasteiger partial charge is 0.0590 e. The monoisotopic (exact) mass is 176 g/mol. The molecule has 0 rings (SSSR count). The summed E-state index contributed by atoms with van der Waals surface area (Å²) in [6.45, 7) is 22.5. The molecule has 0 saturated heterocycles. The lowest BCUT2D eigenvalue weighted by atomic mass is 10.6. The van der Waals surface area contributed by atoms with Crippen molar-refractivity contribution in [2.45, 2.75) is 68.2 Å². The van der Waals surface area contributed by atoms with Gasteiger partial charge in [0.15, 0.2) is 0 Å². The normalized spacial score (nSPS) is 4.33. The van der Waals surface area contributed by atoms with Gasteiger partial charge < -0.3 is 0 Å². The van der Waals surface area contributed by atoms with Crippen LogP contribution in [-0.2, 0) is 0 Å². The first kappa shape index (κ1) is 29.8. The van der Waals surface area contributed by atoms with Gasteiger partial charge in [-0.05, 0) is 0 Å². The molecule has 0 radical (unpaired) electrons. The maximum atomic E-state index is 3.00. The molecular weight excluding hydrogens is 144 g/mol. The Labute approximate surface area is 82.1 Å². The van der Waals surface area contributed by atoms with Crippen molar-refractivity contribution in [3.63, 3.8) is 0 Å². The topological polar surface area (TPSA) is 0 Å². The van der Waals surface area contributed by atoms with Crippen LogP contribution in [0.5, 0.6) is 0 Å². The van der Waals surface area contributed by atoms with Gasteiger partial charge in [0, 0.05) is 0 Å². The van der Waals surface area contributed by atoms with E-state index < -0.39 is 0 Å². The van der Waals surface area contributed by atoms with Crippen molar-refractivity contribution in [1.29, 1.82) is 0 Å². The third-order valence-corrected chi connectivity index (χ3v) is 0. The first-order valence-electron chi connectivity index (χ1n) is 5.33. The minimum absolute atomic E-state index is 1.25. The van der Waals surface area contributed by atoms with Gasteiger partial charge in [-0.1, -0.05) is 68.2 Å². The molecule has 0 aromatic rings. The highest BCUT2D eigenvalue weighted by Gasteiger charge is 1.36. The van der Waals surface area contributed by atoms with Crippen molar-refractivity contribution in [2.75, 3.05) is 0 Å². The van der Waals surface area contributed by atoms with Crippen molar-refractivity contribution in [3.8, 4) is 0 Å². The van der Waals surface area contributed by atoms with E-state index in [2.05, 4.69) is 40.9 Å². The van der Waals surface area contributed by atoms with E-state index in [0.29, 0.717) is 0 Å². The Morgan fingerprint density at radius 1 is 0.583 bits per heavy atom. The first-order chi connectivity index (χ1) is 5.83. The Balaban J connectivity index is -0.0000000174.